The van der Waals surface area contributed by atoms with E-state index in [1.54, 1.807) is 12.1 Å². The van der Waals surface area contributed by atoms with Gasteiger partial charge in [0.25, 0.3) is 5.82 Å². The predicted octanol–water partition coefficient (Wildman–Crippen LogP) is 2.49. The van der Waals surface area contributed by atoms with Crippen molar-refractivity contribution in [2.45, 2.75) is 0 Å². The molecule has 0 fully saturated rings. The highest BCUT2D eigenvalue weighted by Gasteiger charge is 2.01. The lowest BCUT2D eigenvalue weighted by Gasteiger charge is -2.06. The van der Waals surface area contributed by atoms with Gasteiger partial charge in [0.05, 0.1) is 6.20 Å². The maximum Gasteiger partial charge on any atom is 0.282 e. The monoisotopic (exact) mass is 222 g/mol. The van der Waals surface area contributed by atoms with E-state index in [4.69, 9.17) is 0 Å². The van der Waals surface area contributed by atoms with Gasteiger partial charge in [0.1, 0.15) is 5.69 Å². The van der Waals surface area contributed by atoms with Crippen molar-refractivity contribution < 1.29 is 4.73 Å². The number of aromatic nitrogens is 1. The molecule has 1 N–H and O–H groups in total. The molecule has 1 aromatic heterocycles. The molecule has 2 rings (SSSR count). The normalized spacial score (nSPS) is 9.07. The summed E-state index contributed by atoms with van der Waals surface area (Å²) in [5.74, 6) is 0.527. The Balaban J connectivity index is 0.00000112. The number of anilines is 2. The number of para-hydroxylation sites is 1. The first-order chi connectivity index (χ1) is 6.86. The first-order valence-electron chi connectivity index (χ1n) is 4.36. The van der Waals surface area contributed by atoms with Gasteiger partial charge in [-0.3, -0.25) is 0 Å². The second kappa shape index (κ2) is 5.22. The largest absolute Gasteiger partial charge is 0.711 e. The smallest absolute Gasteiger partial charge is 0.282 e. The second-order valence-electron chi connectivity index (χ2n) is 2.90. The van der Waals surface area contributed by atoms with Gasteiger partial charge in [-0.25, -0.2) is 10.0 Å². The minimum atomic E-state index is 0. The summed E-state index contributed by atoms with van der Waals surface area (Å²) in [6.45, 7) is 0. The van der Waals surface area contributed by atoms with E-state index in [2.05, 4.69) is 5.32 Å². The van der Waals surface area contributed by atoms with Crippen molar-refractivity contribution in [1.82, 2.24) is 0 Å². The molecule has 0 saturated heterocycles. The third kappa shape index (κ3) is 2.86. The highest BCUT2D eigenvalue weighted by Crippen LogP contribution is 2.10. The number of halogens is 1. The van der Waals surface area contributed by atoms with Crippen LogP contribution in [0.25, 0.3) is 0 Å². The van der Waals surface area contributed by atoms with E-state index in [1.165, 1.54) is 6.20 Å². The summed E-state index contributed by atoms with van der Waals surface area (Å²) < 4.78 is 0.799. The molecule has 0 aliphatic heterocycles. The summed E-state index contributed by atoms with van der Waals surface area (Å²) in [5, 5.41) is 14.3. The number of rotatable bonds is 2. The van der Waals surface area contributed by atoms with E-state index in [9.17, 15) is 5.21 Å². The molecule has 0 bridgehead atoms. The molecule has 1 aromatic carbocycles. The van der Waals surface area contributed by atoms with Crippen LogP contribution in [0.2, 0.25) is 0 Å². The second-order valence-corrected chi connectivity index (χ2v) is 2.90. The van der Waals surface area contributed by atoms with Crippen LogP contribution in [0.4, 0.5) is 11.5 Å². The van der Waals surface area contributed by atoms with Crippen molar-refractivity contribution in [2.24, 2.45) is 0 Å². The van der Waals surface area contributed by atoms with Gasteiger partial charge in [0.15, 0.2) is 0 Å². The van der Waals surface area contributed by atoms with E-state index >= 15 is 0 Å². The molecule has 0 unspecified atom stereocenters. The van der Waals surface area contributed by atoms with Crippen LogP contribution in [-0.2, 0) is 0 Å². The first kappa shape index (κ1) is 11.3. The fraction of sp³-hybridized carbons (Fsp3) is 0. The molecule has 78 valence electrons. The predicted molar refractivity (Wildman–Crippen MR) is 62.4 cm³/mol. The van der Waals surface area contributed by atoms with Crippen molar-refractivity contribution >= 4 is 23.9 Å². The lowest BCUT2D eigenvalue weighted by atomic mass is 10.3. The van der Waals surface area contributed by atoms with Crippen LogP contribution < -0.4 is 10.0 Å². The van der Waals surface area contributed by atoms with Crippen molar-refractivity contribution in [1.29, 1.82) is 0 Å². The zero-order valence-corrected chi connectivity index (χ0v) is 8.78. The fourth-order valence-electron chi connectivity index (χ4n) is 1.19. The van der Waals surface area contributed by atoms with Gasteiger partial charge in [-0.15, -0.1) is 12.4 Å². The van der Waals surface area contributed by atoms with Gasteiger partial charge in [-0.2, -0.15) is 0 Å². The van der Waals surface area contributed by atoms with Crippen LogP contribution in [0.15, 0.2) is 54.7 Å². The summed E-state index contributed by atoms with van der Waals surface area (Å²) in [6, 6.07) is 14.8. The summed E-state index contributed by atoms with van der Waals surface area (Å²) in [7, 11) is 0. The Morgan fingerprint density at radius 3 is 2.27 bits per heavy atom. The number of hydrogen-bond donors (Lipinski definition) is 1. The van der Waals surface area contributed by atoms with E-state index in [1.807, 2.05) is 36.4 Å². The lowest BCUT2D eigenvalue weighted by molar-refractivity contribution is -0.590. The molecule has 0 spiro atoms. The third-order valence-electron chi connectivity index (χ3n) is 1.87. The molecule has 0 aliphatic carbocycles. The van der Waals surface area contributed by atoms with E-state index in [-0.39, 0.29) is 12.4 Å². The first-order valence-corrected chi connectivity index (χ1v) is 4.36. The van der Waals surface area contributed by atoms with Crippen LogP contribution in [-0.4, -0.2) is 0 Å². The summed E-state index contributed by atoms with van der Waals surface area (Å²) in [5.41, 5.74) is 0.906. The van der Waals surface area contributed by atoms with Gasteiger partial charge in [-0.1, -0.05) is 24.3 Å². The van der Waals surface area contributed by atoms with Gasteiger partial charge in [0.2, 0.25) is 0 Å². The highest BCUT2D eigenvalue weighted by molar-refractivity contribution is 5.85. The minimum absolute atomic E-state index is 0. The number of nitrogens with one attached hydrogen (secondary N) is 1. The van der Waals surface area contributed by atoms with Crippen LogP contribution in [0, 0.1) is 5.21 Å². The van der Waals surface area contributed by atoms with Gasteiger partial charge < -0.3 is 5.21 Å². The Kier molecular flexibility index (Phi) is 3.94. The Labute approximate surface area is 94.4 Å². The number of nitrogens with zero attached hydrogens (tertiary/aromatic N) is 1. The fourth-order valence-corrected chi connectivity index (χ4v) is 1.19. The molecule has 1 heterocycles. The van der Waals surface area contributed by atoms with Crippen molar-refractivity contribution in [3.63, 3.8) is 0 Å². The van der Waals surface area contributed by atoms with Crippen molar-refractivity contribution in [3.8, 4) is 0 Å². The molecule has 0 saturated carbocycles. The van der Waals surface area contributed by atoms with Crippen LogP contribution >= 0.6 is 12.4 Å². The quantitative estimate of drug-likeness (QED) is 0.626. The molecular formula is C11H11ClN2O. The van der Waals surface area contributed by atoms with E-state index < -0.39 is 0 Å². The van der Waals surface area contributed by atoms with E-state index in [0.29, 0.717) is 5.82 Å². The van der Waals surface area contributed by atoms with E-state index in [0.717, 1.165) is 10.4 Å². The van der Waals surface area contributed by atoms with Crippen LogP contribution in [0.1, 0.15) is 0 Å². The van der Waals surface area contributed by atoms with Crippen molar-refractivity contribution in [2.75, 3.05) is 5.32 Å². The van der Waals surface area contributed by atoms with Gasteiger partial charge in [0, 0.05) is 6.07 Å². The van der Waals surface area contributed by atoms with Crippen LogP contribution in [0.5, 0.6) is 0 Å². The minimum Gasteiger partial charge on any atom is -0.711 e. The average Bonchev–Trinajstić information content (AvgIpc) is 2.23. The Morgan fingerprint density at radius 1 is 0.933 bits per heavy atom. The number of pyridine rings is 1. The maximum atomic E-state index is 11.3. The molecule has 0 amide bonds. The number of hydrogen-bond acceptors (Lipinski definition) is 2. The molecule has 2 aromatic rings. The molecular weight excluding hydrogens is 212 g/mol. The zero-order chi connectivity index (χ0) is 9.80. The Hall–Kier alpha value is -1.74. The molecule has 15 heavy (non-hydrogen) atoms. The molecule has 3 nitrogen and oxygen atoms in total. The Bertz CT molecular complexity index is 420. The molecule has 0 atom stereocenters. The molecule has 0 aliphatic rings. The summed E-state index contributed by atoms with van der Waals surface area (Å²) in [6.07, 6.45) is 1.46. The average molecular weight is 223 g/mol. The van der Waals surface area contributed by atoms with Crippen molar-refractivity contribution in [3.05, 3.63) is 59.9 Å². The van der Waals surface area contributed by atoms with Crippen LogP contribution in [0.3, 0.4) is 0 Å². The topological polar surface area (TPSA) is 39.0 Å². The molecule has 4 heteroatoms. The third-order valence-corrected chi connectivity index (χ3v) is 1.87. The van der Waals surface area contributed by atoms with Gasteiger partial charge in [-0.05, 0) is 18.2 Å². The standard InChI is InChI=1S/C11H10N2O.ClH/c14-13-9-5-4-8-11(13)12-10-6-2-1-3-7-10;/h1-9,12H;1H. The number of benzene rings is 1. The SMILES string of the molecule is Cl.[O-][n+]1ccccc1Nc1ccccc1. The van der Waals surface area contributed by atoms with Gasteiger partial charge >= 0.3 is 0 Å². The highest BCUT2D eigenvalue weighted by atomic mass is 35.5. The lowest BCUT2D eigenvalue weighted by Crippen LogP contribution is -2.28. The maximum absolute atomic E-state index is 11.3. The Morgan fingerprint density at radius 2 is 1.60 bits per heavy atom. The summed E-state index contributed by atoms with van der Waals surface area (Å²) >= 11 is 0. The zero-order valence-electron chi connectivity index (χ0n) is 7.96. The summed E-state index contributed by atoms with van der Waals surface area (Å²) in [4.78, 5) is 0. The molecule has 0 radical (unpaired) electrons.